The minimum absolute atomic E-state index is 0.0153. The van der Waals surface area contributed by atoms with Crippen LogP contribution in [0.15, 0.2) is 35.7 Å². The molecular formula is C13H11FINOS. The van der Waals surface area contributed by atoms with E-state index in [1.54, 1.807) is 35.4 Å². The summed E-state index contributed by atoms with van der Waals surface area (Å²) in [6.07, 6.45) is 0. The third kappa shape index (κ3) is 3.29. The van der Waals surface area contributed by atoms with E-state index < -0.39 is 0 Å². The summed E-state index contributed by atoms with van der Waals surface area (Å²) in [5, 5.41) is 1.85. The molecule has 1 aromatic heterocycles. The van der Waals surface area contributed by atoms with E-state index in [1.807, 2.05) is 11.4 Å². The second kappa shape index (κ2) is 5.79. The fraction of sp³-hybridized carbons (Fsp3) is 0.154. The van der Waals surface area contributed by atoms with E-state index in [4.69, 9.17) is 0 Å². The monoisotopic (exact) mass is 375 g/mol. The third-order valence-electron chi connectivity index (χ3n) is 2.49. The average molecular weight is 375 g/mol. The van der Waals surface area contributed by atoms with Gasteiger partial charge >= 0.3 is 0 Å². The van der Waals surface area contributed by atoms with Crippen molar-refractivity contribution >= 4 is 39.8 Å². The predicted molar refractivity (Wildman–Crippen MR) is 79.2 cm³/mol. The molecule has 0 radical (unpaired) electrons. The number of benzene rings is 1. The van der Waals surface area contributed by atoms with Crippen LogP contribution in [0, 0.1) is 8.70 Å². The molecule has 0 fully saturated rings. The van der Waals surface area contributed by atoms with Crippen LogP contribution in [0.4, 0.5) is 4.39 Å². The van der Waals surface area contributed by atoms with Crippen LogP contribution < -0.4 is 0 Å². The molecule has 1 amide bonds. The highest BCUT2D eigenvalue weighted by atomic mass is 127. The Morgan fingerprint density at radius 1 is 1.39 bits per heavy atom. The van der Waals surface area contributed by atoms with Crippen LogP contribution in [0.5, 0.6) is 0 Å². The van der Waals surface area contributed by atoms with E-state index in [0.29, 0.717) is 12.1 Å². The van der Waals surface area contributed by atoms with Crippen LogP contribution in [0.3, 0.4) is 0 Å². The fourth-order valence-corrected chi connectivity index (χ4v) is 2.90. The normalized spacial score (nSPS) is 10.4. The molecule has 0 spiro atoms. The first-order chi connectivity index (χ1) is 8.56. The van der Waals surface area contributed by atoms with Gasteiger partial charge in [-0.1, -0.05) is 12.1 Å². The minimum Gasteiger partial charge on any atom is -0.337 e. The molecule has 0 N–H and O–H groups in total. The maximum atomic E-state index is 12.8. The molecule has 0 unspecified atom stereocenters. The number of carbonyl (C=O) groups excluding carboxylic acids is 1. The molecule has 1 heterocycles. The highest BCUT2D eigenvalue weighted by molar-refractivity contribution is 14.1. The Morgan fingerprint density at radius 3 is 2.61 bits per heavy atom. The van der Waals surface area contributed by atoms with Gasteiger partial charge in [-0.2, -0.15) is 0 Å². The van der Waals surface area contributed by atoms with Crippen LogP contribution in [0.1, 0.15) is 15.9 Å². The number of carbonyl (C=O) groups is 1. The molecule has 2 aromatic rings. The van der Waals surface area contributed by atoms with E-state index in [2.05, 4.69) is 22.6 Å². The summed E-state index contributed by atoms with van der Waals surface area (Å²) in [5.41, 5.74) is 1.62. The summed E-state index contributed by atoms with van der Waals surface area (Å²) < 4.78 is 13.9. The number of nitrogens with zero attached hydrogens (tertiary/aromatic N) is 1. The first-order valence-corrected chi connectivity index (χ1v) is 7.26. The van der Waals surface area contributed by atoms with Crippen molar-refractivity contribution in [3.05, 3.63) is 55.5 Å². The zero-order chi connectivity index (χ0) is 13.1. The van der Waals surface area contributed by atoms with Gasteiger partial charge in [-0.3, -0.25) is 4.79 Å². The van der Waals surface area contributed by atoms with Crippen molar-refractivity contribution in [2.45, 2.75) is 6.54 Å². The van der Waals surface area contributed by atoms with Crippen LogP contribution >= 0.6 is 33.9 Å². The van der Waals surface area contributed by atoms with Gasteiger partial charge in [0.2, 0.25) is 0 Å². The molecule has 0 bridgehead atoms. The Labute approximate surface area is 123 Å². The van der Waals surface area contributed by atoms with E-state index in [9.17, 15) is 9.18 Å². The van der Waals surface area contributed by atoms with Gasteiger partial charge in [0, 0.05) is 19.0 Å². The Morgan fingerprint density at radius 2 is 2.06 bits per heavy atom. The summed E-state index contributed by atoms with van der Waals surface area (Å²) in [4.78, 5) is 13.7. The van der Waals surface area contributed by atoms with Crippen molar-refractivity contribution in [2.24, 2.45) is 0 Å². The van der Waals surface area contributed by atoms with Crippen molar-refractivity contribution in [3.8, 4) is 0 Å². The molecule has 18 heavy (non-hydrogen) atoms. The van der Waals surface area contributed by atoms with Crippen LogP contribution in [-0.4, -0.2) is 17.9 Å². The van der Waals surface area contributed by atoms with Gasteiger partial charge in [0.15, 0.2) is 0 Å². The van der Waals surface area contributed by atoms with Gasteiger partial charge < -0.3 is 4.90 Å². The van der Waals surface area contributed by atoms with Crippen molar-refractivity contribution in [2.75, 3.05) is 7.05 Å². The first kappa shape index (κ1) is 13.5. The standard InChI is InChI=1S/C13H11FINOS/c1-16(7-9-2-4-11(14)5-3-9)13(17)10-6-12(15)18-8-10/h2-6,8H,7H2,1H3. The Hall–Kier alpha value is -0.950. The first-order valence-electron chi connectivity index (χ1n) is 5.30. The quantitative estimate of drug-likeness (QED) is 0.749. The third-order valence-corrected chi connectivity index (χ3v) is 4.28. The molecule has 0 saturated heterocycles. The fourth-order valence-electron chi connectivity index (χ4n) is 1.58. The second-order valence-corrected chi connectivity index (χ2v) is 6.73. The Balaban J connectivity index is 2.05. The number of halogens is 2. The summed E-state index contributed by atoms with van der Waals surface area (Å²) in [6, 6.07) is 8.06. The number of rotatable bonds is 3. The number of hydrogen-bond acceptors (Lipinski definition) is 2. The highest BCUT2D eigenvalue weighted by Crippen LogP contribution is 2.18. The maximum Gasteiger partial charge on any atom is 0.254 e. The molecule has 0 atom stereocenters. The van der Waals surface area contributed by atoms with E-state index >= 15 is 0 Å². The lowest BCUT2D eigenvalue weighted by Crippen LogP contribution is -2.25. The van der Waals surface area contributed by atoms with Crippen molar-refractivity contribution < 1.29 is 9.18 Å². The highest BCUT2D eigenvalue weighted by Gasteiger charge is 2.13. The largest absolute Gasteiger partial charge is 0.337 e. The topological polar surface area (TPSA) is 20.3 Å². The van der Waals surface area contributed by atoms with Gasteiger partial charge in [-0.05, 0) is 46.4 Å². The zero-order valence-corrected chi connectivity index (χ0v) is 12.7. The molecule has 0 aliphatic rings. The van der Waals surface area contributed by atoms with Gasteiger partial charge in [-0.15, -0.1) is 11.3 Å². The van der Waals surface area contributed by atoms with Crippen molar-refractivity contribution in [1.29, 1.82) is 0 Å². The summed E-state index contributed by atoms with van der Waals surface area (Å²) in [7, 11) is 1.75. The van der Waals surface area contributed by atoms with Crippen LogP contribution in [0.2, 0.25) is 0 Å². The SMILES string of the molecule is CN(Cc1ccc(F)cc1)C(=O)c1csc(I)c1. The maximum absolute atomic E-state index is 12.8. The van der Waals surface area contributed by atoms with Gasteiger partial charge in [-0.25, -0.2) is 4.39 Å². The summed E-state index contributed by atoms with van der Waals surface area (Å²) in [6.45, 7) is 0.478. The van der Waals surface area contributed by atoms with E-state index in [-0.39, 0.29) is 11.7 Å². The lowest BCUT2D eigenvalue weighted by atomic mass is 10.2. The molecule has 2 nitrogen and oxygen atoms in total. The summed E-state index contributed by atoms with van der Waals surface area (Å²) >= 11 is 3.74. The minimum atomic E-state index is -0.264. The van der Waals surface area contributed by atoms with Crippen LogP contribution in [-0.2, 0) is 6.54 Å². The number of amides is 1. The van der Waals surface area contributed by atoms with E-state index in [0.717, 1.165) is 8.45 Å². The van der Waals surface area contributed by atoms with Crippen LogP contribution in [0.25, 0.3) is 0 Å². The summed E-state index contributed by atoms with van der Waals surface area (Å²) in [5.74, 6) is -0.279. The van der Waals surface area contributed by atoms with E-state index in [1.165, 1.54) is 12.1 Å². The van der Waals surface area contributed by atoms with Gasteiger partial charge in [0.05, 0.1) is 8.45 Å². The molecule has 0 aliphatic carbocycles. The average Bonchev–Trinajstić information content (AvgIpc) is 2.78. The van der Waals surface area contributed by atoms with Gasteiger partial charge in [0.1, 0.15) is 5.82 Å². The molecule has 94 valence electrons. The molecular weight excluding hydrogens is 364 g/mol. The predicted octanol–water partition coefficient (Wildman–Crippen LogP) is 3.76. The van der Waals surface area contributed by atoms with Crippen molar-refractivity contribution in [1.82, 2.24) is 4.90 Å². The molecule has 0 aliphatic heterocycles. The zero-order valence-electron chi connectivity index (χ0n) is 9.69. The lowest BCUT2D eigenvalue weighted by molar-refractivity contribution is 0.0785. The molecule has 0 saturated carbocycles. The van der Waals surface area contributed by atoms with Crippen molar-refractivity contribution in [3.63, 3.8) is 0 Å². The Bertz CT molecular complexity index is 552. The Kier molecular flexibility index (Phi) is 4.34. The molecule has 2 rings (SSSR count). The smallest absolute Gasteiger partial charge is 0.254 e. The lowest BCUT2D eigenvalue weighted by Gasteiger charge is -2.16. The number of thiophene rings is 1. The molecule has 1 aromatic carbocycles. The second-order valence-electron chi connectivity index (χ2n) is 3.93. The molecule has 5 heteroatoms. The number of hydrogen-bond donors (Lipinski definition) is 0. The van der Waals surface area contributed by atoms with Gasteiger partial charge in [0.25, 0.3) is 5.91 Å².